The van der Waals surface area contributed by atoms with E-state index in [0.717, 1.165) is 37.4 Å². The van der Waals surface area contributed by atoms with Crippen LogP contribution in [0.3, 0.4) is 0 Å². The molecule has 2 aliphatic rings. The Balaban J connectivity index is 1.28. The van der Waals surface area contributed by atoms with Gasteiger partial charge in [-0.1, -0.05) is 23.4 Å². The predicted molar refractivity (Wildman–Crippen MR) is 119 cm³/mol. The zero-order chi connectivity index (χ0) is 22.3. The van der Waals surface area contributed by atoms with Gasteiger partial charge in [-0.05, 0) is 62.7 Å². The third-order valence-corrected chi connectivity index (χ3v) is 6.66. The lowest BCUT2D eigenvalue weighted by Crippen LogP contribution is -2.44. The maximum atomic E-state index is 12.9. The lowest BCUT2D eigenvalue weighted by Gasteiger charge is -2.35. The highest BCUT2D eigenvalue weighted by atomic mass is 16.5. The van der Waals surface area contributed by atoms with Gasteiger partial charge in [-0.25, -0.2) is 0 Å². The zero-order valence-corrected chi connectivity index (χ0v) is 18.4. The van der Waals surface area contributed by atoms with Gasteiger partial charge in [-0.3, -0.25) is 9.59 Å². The van der Waals surface area contributed by atoms with Crippen molar-refractivity contribution in [1.29, 1.82) is 0 Å². The summed E-state index contributed by atoms with van der Waals surface area (Å²) in [6.45, 7) is 3.37. The van der Waals surface area contributed by atoms with Gasteiger partial charge < -0.3 is 25.2 Å². The van der Waals surface area contributed by atoms with Crippen LogP contribution in [-0.4, -0.2) is 48.0 Å². The molecule has 2 fully saturated rings. The van der Waals surface area contributed by atoms with Crippen molar-refractivity contribution in [2.75, 3.05) is 26.2 Å². The Kier molecular flexibility index (Phi) is 7.42. The molecule has 32 heavy (non-hydrogen) atoms. The summed E-state index contributed by atoms with van der Waals surface area (Å²) in [5.74, 6) is 1.94. The van der Waals surface area contributed by atoms with Crippen molar-refractivity contribution in [3.05, 3.63) is 47.9 Å². The van der Waals surface area contributed by atoms with E-state index in [1.165, 1.54) is 0 Å². The number of likely N-dealkylation sites (tertiary alicyclic amines) is 1. The highest BCUT2D eigenvalue weighted by molar-refractivity contribution is 5.79. The number of hydrogen-bond acceptors (Lipinski definition) is 6. The largest absolute Gasteiger partial charge is 0.486 e. The minimum absolute atomic E-state index is 0.0992. The molecule has 4 rings (SSSR count). The lowest BCUT2D eigenvalue weighted by molar-refractivity contribution is -0.136. The SMILES string of the molecule is NC(=O)C1CCN(C(=O)C[C@@H]2CCNC[C@@H]2Cc2cc(COc3ccccc3)on2)CC1. The number of primary amides is 1. The summed E-state index contributed by atoms with van der Waals surface area (Å²) in [5, 5.41) is 7.68. The minimum Gasteiger partial charge on any atom is -0.486 e. The fourth-order valence-corrected chi connectivity index (χ4v) is 4.71. The van der Waals surface area contributed by atoms with Crippen LogP contribution >= 0.6 is 0 Å². The normalized spacial score (nSPS) is 21.9. The molecule has 8 nitrogen and oxygen atoms in total. The van der Waals surface area contributed by atoms with Crippen LogP contribution in [0.5, 0.6) is 5.75 Å². The highest BCUT2D eigenvalue weighted by Crippen LogP contribution is 2.28. The monoisotopic (exact) mass is 440 g/mol. The van der Waals surface area contributed by atoms with E-state index in [9.17, 15) is 9.59 Å². The number of carbonyl (C=O) groups is 2. The molecule has 8 heteroatoms. The second kappa shape index (κ2) is 10.6. The second-order valence-electron chi connectivity index (χ2n) is 8.86. The first-order valence-electron chi connectivity index (χ1n) is 11.5. The predicted octanol–water partition coefficient (Wildman–Crippen LogP) is 2.14. The molecule has 172 valence electrons. The molecule has 0 bridgehead atoms. The topological polar surface area (TPSA) is 111 Å². The average Bonchev–Trinajstić information content (AvgIpc) is 3.27. The van der Waals surface area contributed by atoms with Gasteiger partial charge in [0.2, 0.25) is 11.8 Å². The Labute approximate surface area is 188 Å². The molecule has 2 aromatic rings. The van der Waals surface area contributed by atoms with E-state index in [4.69, 9.17) is 15.0 Å². The molecule has 2 amide bonds. The fraction of sp³-hybridized carbons (Fsp3) is 0.542. The van der Waals surface area contributed by atoms with Gasteiger partial charge in [0.15, 0.2) is 5.76 Å². The molecule has 3 heterocycles. The van der Waals surface area contributed by atoms with E-state index in [2.05, 4.69) is 10.5 Å². The average molecular weight is 441 g/mol. The molecule has 2 atom stereocenters. The van der Waals surface area contributed by atoms with E-state index >= 15 is 0 Å². The lowest BCUT2D eigenvalue weighted by atomic mass is 9.80. The summed E-state index contributed by atoms with van der Waals surface area (Å²) >= 11 is 0. The number of rotatable bonds is 8. The van der Waals surface area contributed by atoms with Crippen LogP contribution in [-0.2, 0) is 22.6 Å². The summed E-state index contributed by atoms with van der Waals surface area (Å²) in [5.41, 5.74) is 6.30. The standard InChI is InChI=1S/C24H32N4O4/c25-24(30)17-7-10-28(11-8-17)23(29)13-18-6-9-26-15-19(18)12-20-14-22(32-27-20)16-31-21-4-2-1-3-5-21/h1-5,14,17-19,26H,6-13,15-16H2,(H2,25,30)/t18-,19-/m0/s1. The van der Waals surface area contributed by atoms with E-state index in [-0.39, 0.29) is 17.7 Å². The molecule has 3 N–H and O–H groups in total. The van der Waals surface area contributed by atoms with Crippen LogP contribution < -0.4 is 15.8 Å². The van der Waals surface area contributed by atoms with Crippen LogP contribution in [0.2, 0.25) is 0 Å². The molecule has 0 spiro atoms. The Morgan fingerprint density at radius 1 is 1.16 bits per heavy atom. The molecule has 1 aromatic heterocycles. The fourth-order valence-electron chi connectivity index (χ4n) is 4.71. The first kappa shape index (κ1) is 22.3. The first-order chi connectivity index (χ1) is 15.6. The van der Waals surface area contributed by atoms with E-state index in [0.29, 0.717) is 56.6 Å². The number of nitrogens with two attached hydrogens (primary N) is 1. The Hall–Kier alpha value is -2.87. The summed E-state index contributed by atoms with van der Waals surface area (Å²) in [7, 11) is 0. The van der Waals surface area contributed by atoms with E-state index < -0.39 is 0 Å². The maximum Gasteiger partial charge on any atom is 0.222 e. The van der Waals surface area contributed by atoms with Crippen molar-refractivity contribution < 1.29 is 18.8 Å². The van der Waals surface area contributed by atoms with Gasteiger partial charge in [0.05, 0.1) is 5.69 Å². The van der Waals surface area contributed by atoms with Gasteiger partial charge in [0, 0.05) is 31.5 Å². The van der Waals surface area contributed by atoms with Gasteiger partial charge in [0.25, 0.3) is 0 Å². The number of nitrogens with one attached hydrogen (secondary N) is 1. The smallest absolute Gasteiger partial charge is 0.222 e. The van der Waals surface area contributed by atoms with Gasteiger partial charge in [-0.2, -0.15) is 0 Å². The summed E-state index contributed by atoms with van der Waals surface area (Å²) < 4.78 is 11.2. The first-order valence-corrected chi connectivity index (χ1v) is 11.5. The molecule has 0 saturated carbocycles. The quantitative estimate of drug-likeness (QED) is 0.651. The van der Waals surface area contributed by atoms with Gasteiger partial charge >= 0.3 is 0 Å². The summed E-state index contributed by atoms with van der Waals surface area (Å²) in [6.07, 6.45) is 3.61. The van der Waals surface area contributed by atoms with Crippen LogP contribution in [0.1, 0.15) is 37.1 Å². The third-order valence-electron chi connectivity index (χ3n) is 6.66. The molecule has 0 aliphatic carbocycles. The number of carbonyl (C=O) groups excluding carboxylic acids is 2. The van der Waals surface area contributed by atoms with Crippen LogP contribution in [0.4, 0.5) is 0 Å². The zero-order valence-electron chi connectivity index (χ0n) is 18.4. The molecular weight excluding hydrogens is 408 g/mol. The number of ether oxygens (including phenoxy) is 1. The van der Waals surface area contributed by atoms with Crippen LogP contribution in [0, 0.1) is 17.8 Å². The number of para-hydroxylation sites is 1. The van der Waals surface area contributed by atoms with Crippen LogP contribution in [0.15, 0.2) is 40.9 Å². The van der Waals surface area contributed by atoms with Crippen molar-refractivity contribution >= 4 is 11.8 Å². The highest BCUT2D eigenvalue weighted by Gasteiger charge is 2.31. The van der Waals surface area contributed by atoms with Gasteiger partial charge in [-0.15, -0.1) is 0 Å². The van der Waals surface area contributed by atoms with Gasteiger partial charge in [0.1, 0.15) is 12.4 Å². The second-order valence-corrected chi connectivity index (χ2v) is 8.86. The number of benzene rings is 1. The molecule has 1 aromatic carbocycles. The molecular formula is C24H32N4O4. The number of amides is 2. The van der Waals surface area contributed by atoms with Crippen molar-refractivity contribution in [2.24, 2.45) is 23.5 Å². The third kappa shape index (κ3) is 5.88. The van der Waals surface area contributed by atoms with Crippen molar-refractivity contribution in [3.63, 3.8) is 0 Å². The Morgan fingerprint density at radius 2 is 1.94 bits per heavy atom. The van der Waals surface area contributed by atoms with Crippen molar-refractivity contribution in [2.45, 2.75) is 38.7 Å². The van der Waals surface area contributed by atoms with Crippen molar-refractivity contribution in [1.82, 2.24) is 15.4 Å². The van der Waals surface area contributed by atoms with E-state index in [1.807, 2.05) is 41.3 Å². The molecule has 0 radical (unpaired) electrons. The Morgan fingerprint density at radius 3 is 2.69 bits per heavy atom. The molecule has 2 aliphatic heterocycles. The number of nitrogens with zero attached hydrogens (tertiary/aromatic N) is 2. The van der Waals surface area contributed by atoms with Crippen LogP contribution in [0.25, 0.3) is 0 Å². The van der Waals surface area contributed by atoms with Crippen molar-refractivity contribution in [3.8, 4) is 5.75 Å². The summed E-state index contributed by atoms with van der Waals surface area (Å²) in [6, 6.07) is 11.6. The number of piperidine rings is 2. The minimum atomic E-state index is -0.253. The van der Waals surface area contributed by atoms with E-state index in [1.54, 1.807) is 0 Å². The number of hydrogen-bond donors (Lipinski definition) is 2. The molecule has 0 unspecified atom stereocenters. The Bertz CT molecular complexity index is 892. The summed E-state index contributed by atoms with van der Waals surface area (Å²) in [4.78, 5) is 26.2. The number of aromatic nitrogens is 1. The molecule has 2 saturated heterocycles. The maximum absolute atomic E-state index is 12.9.